The Hall–Kier alpha value is -1.25. The van der Waals surface area contributed by atoms with Crippen molar-refractivity contribution >= 4 is 11.5 Å². The maximum atomic E-state index is 4.22. The molecule has 0 atom stereocenters. The van der Waals surface area contributed by atoms with E-state index < -0.39 is 0 Å². The predicted octanol–water partition coefficient (Wildman–Crippen LogP) is 1.21. The first-order chi connectivity index (χ1) is 5.29. The van der Waals surface area contributed by atoms with Crippen LogP contribution in [0.25, 0.3) is 0 Å². The largest absolute Gasteiger partial charge is 0.354 e. The molecule has 0 fully saturated rings. The summed E-state index contributed by atoms with van der Waals surface area (Å²) in [6, 6.07) is 2.03. The molecule has 58 valence electrons. The first-order valence-electron chi connectivity index (χ1n) is 3.69. The van der Waals surface area contributed by atoms with Crippen molar-refractivity contribution in [3.63, 3.8) is 0 Å². The lowest BCUT2D eigenvalue weighted by Gasteiger charge is -2.11. The van der Waals surface area contributed by atoms with Gasteiger partial charge in [0.05, 0.1) is 12.4 Å². The Bertz CT molecular complexity index is 283. The van der Waals surface area contributed by atoms with Gasteiger partial charge in [0.25, 0.3) is 0 Å². The van der Waals surface area contributed by atoms with Gasteiger partial charge in [-0.1, -0.05) is 0 Å². The van der Waals surface area contributed by atoms with Crippen LogP contribution in [0.3, 0.4) is 0 Å². The number of rotatable bonds is 0. The SMILES string of the molecule is Cc1ccnc2c1N(C)CN2. The molecular formula is C8H11N3. The molecule has 2 heterocycles. The highest BCUT2D eigenvalue weighted by Gasteiger charge is 2.17. The molecule has 1 N–H and O–H groups in total. The van der Waals surface area contributed by atoms with Crippen molar-refractivity contribution in [2.45, 2.75) is 6.92 Å². The third kappa shape index (κ3) is 0.843. The van der Waals surface area contributed by atoms with Gasteiger partial charge in [0, 0.05) is 13.2 Å². The fourth-order valence-corrected chi connectivity index (χ4v) is 1.43. The second-order valence-electron chi connectivity index (χ2n) is 2.86. The van der Waals surface area contributed by atoms with Gasteiger partial charge in [-0.15, -0.1) is 0 Å². The minimum atomic E-state index is 0.868. The molecule has 2 rings (SSSR count). The molecule has 11 heavy (non-hydrogen) atoms. The van der Waals surface area contributed by atoms with Crippen LogP contribution in [0.2, 0.25) is 0 Å². The fraction of sp³-hybridized carbons (Fsp3) is 0.375. The zero-order valence-corrected chi connectivity index (χ0v) is 6.76. The summed E-state index contributed by atoms with van der Waals surface area (Å²) < 4.78 is 0. The number of hydrogen-bond donors (Lipinski definition) is 1. The van der Waals surface area contributed by atoms with Crippen molar-refractivity contribution in [3.05, 3.63) is 17.8 Å². The van der Waals surface area contributed by atoms with Crippen LogP contribution in [0, 0.1) is 6.92 Å². The van der Waals surface area contributed by atoms with Gasteiger partial charge < -0.3 is 10.2 Å². The van der Waals surface area contributed by atoms with Crippen LogP contribution in [-0.2, 0) is 0 Å². The predicted molar refractivity (Wildman–Crippen MR) is 45.9 cm³/mol. The van der Waals surface area contributed by atoms with Crippen LogP contribution in [-0.4, -0.2) is 18.7 Å². The Morgan fingerprint density at radius 3 is 3.18 bits per heavy atom. The number of nitrogens with one attached hydrogen (secondary N) is 1. The number of aryl methyl sites for hydroxylation is 1. The maximum absolute atomic E-state index is 4.22. The monoisotopic (exact) mass is 149 g/mol. The second kappa shape index (κ2) is 2.12. The van der Waals surface area contributed by atoms with Gasteiger partial charge in [0.15, 0.2) is 5.82 Å². The van der Waals surface area contributed by atoms with E-state index in [-0.39, 0.29) is 0 Å². The van der Waals surface area contributed by atoms with E-state index >= 15 is 0 Å². The lowest BCUT2D eigenvalue weighted by molar-refractivity contribution is 1.03. The zero-order valence-electron chi connectivity index (χ0n) is 6.76. The average Bonchev–Trinajstić information content (AvgIpc) is 2.34. The van der Waals surface area contributed by atoms with Crippen LogP contribution in [0.1, 0.15) is 5.56 Å². The molecular weight excluding hydrogens is 138 g/mol. The summed E-state index contributed by atoms with van der Waals surface area (Å²) in [5.74, 6) is 1.01. The highest BCUT2D eigenvalue weighted by atomic mass is 15.3. The fourth-order valence-electron chi connectivity index (χ4n) is 1.43. The van der Waals surface area contributed by atoms with Crippen LogP contribution >= 0.6 is 0 Å². The third-order valence-electron chi connectivity index (χ3n) is 1.99. The number of anilines is 2. The van der Waals surface area contributed by atoms with Crippen molar-refractivity contribution in [1.29, 1.82) is 0 Å². The molecule has 3 nitrogen and oxygen atoms in total. The molecule has 1 aromatic heterocycles. The standard InChI is InChI=1S/C8H11N3/c1-6-3-4-9-8-7(6)11(2)5-10-8/h3-4H,5H2,1-2H3,(H,9,10). The quantitative estimate of drug-likeness (QED) is 0.601. The summed E-state index contributed by atoms with van der Waals surface area (Å²) in [5, 5.41) is 3.21. The molecule has 3 heteroatoms. The third-order valence-corrected chi connectivity index (χ3v) is 1.99. The molecule has 0 amide bonds. The highest BCUT2D eigenvalue weighted by Crippen LogP contribution is 2.30. The van der Waals surface area contributed by atoms with E-state index in [2.05, 4.69) is 29.2 Å². The summed E-state index contributed by atoms with van der Waals surface area (Å²) in [6.07, 6.45) is 1.83. The van der Waals surface area contributed by atoms with Gasteiger partial charge in [0.2, 0.25) is 0 Å². The molecule has 0 saturated carbocycles. The van der Waals surface area contributed by atoms with Crippen molar-refractivity contribution in [2.75, 3.05) is 23.9 Å². The summed E-state index contributed by atoms with van der Waals surface area (Å²) in [6.45, 7) is 2.97. The number of aromatic nitrogens is 1. The summed E-state index contributed by atoms with van der Waals surface area (Å²) >= 11 is 0. The number of nitrogens with zero attached hydrogens (tertiary/aromatic N) is 2. The minimum Gasteiger partial charge on any atom is -0.354 e. The first-order valence-corrected chi connectivity index (χ1v) is 3.69. The summed E-state index contributed by atoms with van der Waals surface area (Å²) in [7, 11) is 2.06. The Kier molecular flexibility index (Phi) is 1.24. The van der Waals surface area contributed by atoms with Crippen LogP contribution in [0.4, 0.5) is 11.5 Å². The summed E-state index contributed by atoms with van der Waals surface area (Å²) in [5.41, 5.74) is 2.51. The lowest BCUT2D eigenvalue weighted by Crippen LogP contribution is -2.16. The molecule has 0 radical (unpaired) electrons. The van der Waals surface area contributed by atoms with E-state index in [1.165, 1.54) is 11.3 Å². The number of pyridine rings is 1. The van der Waals surface area contributed by atoms with Crippen molar-refractivity contribution in [2.24, 2.45) is 0 Å². The first kappa shape index (κ1) is 6.46. The Morgan fingerprint density at radius 1 is 1.64 bits per heavy atom. The van der Waals surface area contributed by atoms with E-state index in [0.29, 0.717) is 0 Å². The molecule has 0 unspecified atom stereocenters. The normalized spacial score (nSPS) is 14.5. The minimum absolute atomic E-state index is 0.868. The van der Waals surface area contributed by atoms with Crippen molar-refractivity contribution in [3.8, 4) is 0 Å². The molecule has 1 aromatic rings. The topological polar surface area (TPSA) is 28.2 Å². The Morgan fingerprint density at radius 2 is 2.45 bits per heavy atom. The lowest BCUT2D eigenvalue weighted by atomic mass is 10.2. The molecule has 0 saturated heterocycles. The number of hydrogen-bond acceptors (Lipinski definition) is 3. The van der Waals surface area contributed by atoms with Gasteiger partial charge in [-0.05, 0) is 18.6 Å². The van der Waals surface area contributed by atoms with Crippen molar-refractivity contribution in [1.82, 2.24) is 4.98 Å². The second-order valence-corrected chi connectivity index (χ2v) is 2.86. The van der Waals surface area contributed by atoms with Gasteiger partial charge in [-0.2, -0.15) is 0 Å². The average molecular weight is 149 g/mol. The Balaban J connectivity index is 2.58. The van der Waals surface area contributed by atoms with Crippen LogP contribution < -0.4 is 10.2 Å². The molecule has 0 spiro atoms. The van der Waals surface area contributed by atoms with E-state index in [9.17, 15) is 0 Å². The van der Waals surface area contributed by atoms with E-state index in [4.69, 9.17) is 0 Å². The Labute approximate surface area is 66.0 Å². The number of fused-ring (bicyclic) bond motifs is 1. The van der Waals surface area contributed by atoms with Gasteiger partial charge in [-0.3, -0.25) is 0 Å². The highest BCUT2D eigenvalue weighted by molar-refractivity contribution is 5.73. The van der Waals surface area contributed by atoms with Crippen LogP contribution in [0.15, 0.2) is 12.3 Å². The molecule has 1 aliphatic heterocycles. The molecule has 0 aromatic carbocycles. The smallest absolute Gasteiger partial charge is 0.151 e. The molecule has 1 aliphatic rings. The van der Waals surface area contributed by atoms with Crippen LogP contribution in [0.5, 0.6) is 0 Å². The van der Waals surface area contributed by atoms with E-state index in [1.54, 1.807) is 0 Å². The summed E-state index contributed by atoms with van der Waals surface area (Å²) in [4.78, 5) is 6.38. The molecule has 0 bridgehead atoms. The van der Waals surface area contributed by atoms with Gasteiger partial charge in [-0.25, -0.2) is 4.98 Å². The van der Waals surface area contributed by atoms with Gasteiger partial charge in [0.1, 0.15) is 0 Å². The molecule has 0 aliphatic carbocycles. The van der Waals surface area contributed by atoms with E-state index in [0.717, 1.165) is 12.5 Å². The van der Waals surface area contributed by atoms with Crippen molar-refractivity contribution < 1.29 is 0 Å². The van der Waals surface area contributed by atoms with Gasteiger partial charge >= 0.3 is 0 Å². The van der Waals surface area contributed by atoms with E-state index in [1.807, 2.05) is 12.3 Å². The zero-order chi connectivity index (χ0) is 7.84. The maximum Gasteiger partial charge on any atom is 0.151 e.